The van der Waals surface area contributed by atoms with Crippen LogP contribution >= 0.6 is 15.9 Å². The molecule has 1 aliphatic rings. The first kappa shape index (κ1) is 12.4. The van der Waals surface area contributed by atoms with Crippen molar-refractivity contribution in [2.24, 2.45) is 0 Å². The normalized spacial score (nSPS) is 15.6. The summed E-state index contributed by atoms with van der Waals surface area (Å²) in [5.74, 6) is -0.403. The molecular weight excluding hydrogens is 287 g/mol. The maximum absolute atomic E-state index is 13.6. The van der Waals surface area contributed by atoms with Gasteiger partial charge in [-0.25, -0.2) is 4.39 Å². The molecule has 0 aliphatic carbocycles. The molecule has 0 spiro atoms. The lowest BCUT2D eigenvalue weighted by molar-refractivity contribution is -0.115. The lowest BCUT2D eigenvalue weighted by Gasteiger charge is -2.41. The number of halogens is 2. The predicted octanol–water partition coefficient (Wildman–Crippen LogP) is 3.15. The van der Waals surface area contributed by atoms with E-state index in [1.165, 1.54) is 6.07 Å². The van der Waals surface area contributed by atoms with E-state index in [1.54, 1.807) is 6.07 Å². The third-order valence-electron chi connectivity index (χ3n) is 2.71. The Kier molecular flexibility index (Phi) is 2.89. The molecule has 1 aliphatic heterocycles. The van der Waals surface area contributed by atoms with E-state index in [-0.39, 0.29) is 23.8 Å². The van der Waals surface area contributed by atoms with Crippen molar-refractivity contribution < 1.29 is 9.18 Å². The average Bonchev–Trinajstić information content (AvgIpc) is 2.18. The zero-order valence-corrected chi connectivity index (χ0v) is 11.6. The van der Waals surface area contributed by atoms with Gasteiger partial charge in [0.1, 0.15) is 5.82 Å². The van der Waals surface area contributed by atoms with Gasteiger partial charge in [-0.3, -0.25) is 4.79 Å². The van der Waals surface area contributed by atoms with Gasteiger partial charge in [-0.15, -0.1) is 0 Å². The zero-order valence-electron chi connectivity index (χ0n) is 9.97. The van der Waals surface area contributed by atoms with Crippen molar-refractivity contribution in [3.63, 3.8) is 0 Å². The van der Waals surface area contributed by atoms with Crippen LogP contribution in [0.5, 0.6) is 0 Å². The zero-order chi connectivity index (χ0) is 12.8. The Morgan fingerprint density at radius 3 is 2.65 bits per heavy atom. The number of hydrogen-bond donors (Lipinski definition) is 1. The third kappa shape index (κ3) is 2.29. The highest BCUT2D eigenvalue weighted by Gasteiger charge is 2.30. The Labute approximate surface area is 108 Å². The molecule has 0 radical (unpaired) electrons. The molecule has 5 heteroatoms. The van der Waals surface area contributed by atoms with Crippen molar-refractivity contribution in [2.45, 2.75) is 26.3 Å². The van der Waals surface area contributed by atoms with E-state index >= 15 is 0 Å². The average molecular weight is 301 g/mol. The van der Waals surface area contributed by atoms with Crippen molar-refractivity contribution in [3.05, 3.63) is 22.4 Å². The first-order chi connectivity index (χ1) is 7.79. The topological polar surface area (TPSA) is 32.3 Å². The summed E-state index contributed by atoms with van der Waals surface area (Å²) in [4.78, 5) is 13.5. The molecule has 1 heterocycles. The van der Waals surface area contributed by atoms with Crippen LogP contribution in [0.2, 0.25) is 0 Å². The summed E-state index contributed by atoms with van der Waals surface area (Å²) < 4.78 is 13.9. The summed E-state index contributed by atoms with van der Waals surface area (Å²) in [5.41, 5.74) is 1.13. The van der Waals surface area contributed by atoms with Gasteiger partial charge in [-0.2, -0.15) is 0 Å². The van der Waals surface area contributed by atoms with Gasteiger partial charge >= 0.3 is 0 Å². The van der Waals surface area contributed by atoms with E-state index in [1.807, 2.05) is 25.7 Å². The number of carbonyl (C=O) groups is 1. The highest BCUT2D eigenvalue weighted by Crippen LogP contribution is 2.37. The molecule has 1 N–H and O–H groups in total. The van der Waals surface area contributed by atoms with Crippen molar-refractivity contribution in [3.8, 4) is 0 Å². The SMILES string of the molecule is CC(C)(C)N1CC(=O)Nc2cc(Br)c(F)cc21. The lowest BCUT2D eigenvalue weighted by Crippen LogP contribution is -2.49. The molecule has 0 fully saturated rings. The Morgan fingerprint density at radius 2 is 2.06 bits per heavy atom. The second-order valence-corrected chi connectivity index (χ2v) is 5.94. The number of carbonyl (C=O) groups excluding carboxylic acids is 1. The molecule has 0 bridgehead atoms. The minimum atomic E-state index is -0.325. The largest absolute Gasteiger partial charge is 0.356 e. The van der Waals surface area contributed by atoms with Crippen LogP contribution in [0.25, 0.3) is 0 Å². The van der Waals surface area contributed by atoms with Gasteiger partial charge in [0.2, 0.25) is 5.91 Å². The molecule has 0 saturated carbocycles. The highest BCUT2D eigenvalue weighted by molar-refractivity contribution is 9.10. The van der Waals surface area contributed by atoms with E-state index in [0.29, 0.717) is 10.2 Å². The molecule has 1 aromatic rings. The molecule has 1 aromatic carbocycles. The molecule has 3 nitrogen and oxygen atoms in total. The second kappa shape index (κ2) is 3.98. The first-order valence-electron chi connectivity index (χ1n) is 5.35. The van der Waals surface area contributed by atoms with Crippen LogP contribution in [-0.4, -0.2) is 18.0 Å². The van der Waals surface area contributed by atoms with Crippen LogP contribution in [0.3, 0.4) is 0 Å². The number of anilines is 2. The molecule has 17 heavy (non-hydrogen) atoms. The summed E-state index contributed by atoms with van der Waals surface area (Å²) in [6.45, 7) is 6.23. The van der Waals surface area contributed by atoms with Gasteiger partial charge in [0, 0.05) is 11.6 Å². The molecule has 0 unspecified atom stereocenters. The quantitative estimate of drug-likeness (QED) is 0.798. The van der Waals surface area contributed by atoms with E-state index in [9.17, 15) is 9.18 Å². The summed E-state index contributed by atoms with van der Waals surface area (Å²) in [6, 6.07) is 3.05. The molecule has 0 saturated heterocycles. The monoisotopic (exact) mass is 300 g/mol. The summed E-state index contributed by atoms with van der Waals surface area (Å²) in [6.07, 6.45) is 0. The Balaban J connectivity index is 2.56. The maximum Gasteiger partial charge on any atom is 0.243 e. The van der Waals surface area contributed by atoms with Gasteiger partial charge < -0.3 is 10.2 Å². The van der Waals surface area contributed by atoms with Gasteiger partial charge in [-0.1, -0.05) is 0 Å². The number of fused-ring (bicyclic) bond motifs is 1. The minimum Gasteiger partial charge on any atom is -0.356 e. The first-order valence-corrected chi connectivity index (χ1v) is 6.15. The van der Waals surface area contributed by atoms with Crippen molar-refractivity contribution in [1.82, 2.24) is 0 Å². The van der Waals surface area contributed by atoms with Crippen molar-refractivity contribution >= 4 is 33.2 Å². The number of rotatable bonds is 0. The number of benzene rings is 1. The predicted molar refractivity (Wildman–Crippen MR) is 69.8 cm³/mol. The molecule has 0 aromatic heterocycles. The molecule has 0 atom stereocenters. The van der Waals surface area contributed by atoms with Crippen LogP contribution in [-0.2, 0) is 4.79 Å². The van der Waals surface area contributed by atoms with Gasteiger partial charge in [0.25, 0.3) is 0 Å². The Morgan fingerprint density at radius 1 is 1.41 bits per heavy atom. The smallest absolute Gasteiger partial charge is 0.243 e. The molecular formula is C12H14BrFN2O. The van der Waals surface area contributed by atoms with Crippen LogP contribution in [0.4, 0.5) is 15.8 Å². The fraction of sp³-hybridized carbons (Fsp3) is 0.417. The van der Waals surface area contributed by atoms with Crippen molar-refractivity contribution in [2.75, 3.05) is 16.8 Å². The minimum absolute atomic E-state index is 0.0778. The van der Waals surface area contributed by atoms with Gasteiger partial charge in [0.15, 0.2) is 0 Å². The lowest BCUT2D eigenvalue weighted by atomic mass is 10.0. The maximum atomic E-state index is 13.6. The van der Waals surface area contributed by atoms with Crippen LogP contribution in [0.1, 0.15) is 20.8 Å². The van der Waals surface area contributed by atoms with Crippen LogP contribution in [0, 0.1) is 5.82 Å². The Hall–Kier alpha value is -1.10. The van der Waals surface area contributed by atoms with E-state index in [2.05, 4.69) is 21.2 Å². The van der Waals surface area contributed by atoms with Gasteiger partial charge in [0.05, 0.1) is 22.4 Å². The van der Waals surface area contributed by atoms with Gasteiger partial charge in [-0.05, 0) is 42.8 Å². The van der Waals surface area contributed by atoms with E-state index in [0.717, 1.165) is 5.69 Å². The fourth-order valence-corrected chi connectivity index (χ4v) is 2.22. The summed E-state index contributed by atoms with van der Waals surface area (Å²) >= 11 is 3.12. The molecule has 2 rings (SSSR count). The number of nitrogens with one attached hydrogen (secondary N) is 1. The fourth-order valence-electron chi connectivity index (χ4n) is 1.88. The highest BCUT2D eigenvalue weighted by atomic mass is 79.9. The van der Waals surface area contributed by atoms with Crippen LogP contribution in [0.15, 0.2) is 16.6 Å². The molecule has 1 amide bonds. The van der Waals surface area contributed by atoms with Crippen molar-refractivity contribution in [1.29, 1.82) is 0 Å². The third-order valence-corrected chi connectivity index (χ3v) is 3.32. The molecule has 92 valence electrons. The second-order valence-electron chi connectivity index (χ2n) is 5.09. The number of amides is 1. The summed E-state index contributed by atoms with van der Waals surface area (Å²) in [7, 11) is 0. The number of nitrogens with zero attached hydrogens (tertiary/aromatic N) is 1. The number of hydrogen-bond acceptors (Lipinski definition) is 2. The van der Waals surface area contributed by atoms with E-state index < -0.39 is 0 Å². The standard InChI is InChI=1S/C12H14BrFN2O/c1-12(2,3)16-6-11(17)15-9-4-7(13)8(14)5-10(9)16/h4-5H,6H2,1-3H3,(H,15,17). The van der Waals surface area contributed by atoms with Crippen LogP contribution < -0.4 is 10.2 Å². The summed E-state index contributed by atoms with van der Waals surface area (Å²) in [5, 5.41) is 2.75. The van der Waals surface area contributed by atoms with E-state index in [4.69, 9.17) is 0 Å². The Bertz CT molecular complexity index is 482.